The highest BCUT2D eigenvalue weighted by atomic mass is 16.5. The number of carbonyl (C=O) groups excluding carboxylic acids is 1. The summed E-state index contributed by atoms with van der Waals surface area (Å²) in [6.07, 6.45) is -0.0475. The average molecular weight is 243 g/mol. The third-order valence-corrected chi connectivity index (χ3v) is 3.23. The molecule has 2 rings (SSSR count). The summed E-state index contributed by atoms with van der Waals surface area (Å²) >= 11 is 0. The highest BCUT2D eigenvalue weighted by Gasteiger charge is 2.29. The Balaban J connectivity index is 1.89. The largest absolute Gasteiger partial charge is 0.378 e. The quantitative estimate of drug-likeness (QED) is 0.673. The molecule has 0 aliphatic carbocycles. The van der Waals surface area contributed by atoms with Gasteiger partial charge >= 0.3 is 6.03 Å². The van der Waals surface area contributed by atoms with Crippen LogP contribution in [-0.2, 0) is 9.47 Å². The zero-order valence-corrected chi connectivity index (χ0v) is 10.3. The van der Waals surface area contributed by atoms with E-state index in [2.05, 4.69) is 0 Å². The van der Waals surface area contributed by atoms with E-state index in [1.165, 1.54) is 0 Å². The van der Waals surface area contributed by atoms with Crippen molar-refractivity contribution in [2.24, 2.45) is 5.73 Å². The molecule has 98 valence electrons. The van der Waals surface area contributed by atoms with Crippen LogP contribution >= 0.6 is 0 Å². The summed E-state index contributed by atoms with van der Waals surface area (Å²) in [4.78, 5) is 15.9. The highest BCUT2D eigenvalue weighted by molar-refractivity contribution is 5.74. The Labute approximate surface area is 102 Å². The molecule has 2 atom stereocenters. The van der Waals surface area contributed by atoms with Gasteiger partial charge in [0.15, 0.2) is 0 Å². The van der Waals surface area contributed by atoms with Crippen molar-refractivity contribution in [1.29, 1.82) is 0 Å². The van der Waals surface area contributed by atoms with Gasteiger partial charge in [0.1, 0.15) is 0 Å². The number of hydrogen-bond donors (Lipinski definition) is 1. The van der Waals surface area contributed by atoms with Crippen LogP contribution in [0.2, 0.25) is 0 Å². The van der Waals surface area contributed by atoms with Crippen molar-refractivity contribution in [2.75, 3.05) is 46.0 Å². The Hall–Kier alpha value is -0.850. The molecule has 2 heterocycles. The molecule has 6 heteroatoms. The number of rotatable bonds is 1. The number of ether oxygens (including phenoxy) is 2. The van der Waals surface area contributed by atoms with Gasteiger partial charge < -0.3 is 25.0 Å². The lowest BCUT2D eigenvalue weighted by atomic mass is 10.1. The smallest absolute Gasteiger partial charge is 0.320 e. The number of morpholine rings is 2. The fraction of sp³-hybridized carbons (Fsp3) is 0.909. The molecule has 2 N–H and O–H groups in total. The molecular weight excluding hydrogens is 222 g/mol. The second-order valence-corrected chi connectivity index (χ2v) is 4.60. The summed E-state index contributed by atoms with van der Waals surface area (Å²) in [5, 5.41) is 0. The fourth-order valence-corrected chi connectivity index (χ4v) is 2.12. The number of urea groups is 1. The second-order valence-electron chi connectivity index (χ2n) is 4.60. The molecule has 17 heavy (non-hydrogen) atoms. The Morgan fingerprint density at radius 1 is 1.24 bits per heavy atom. The summed E-state index contributed by atoms with van der Waals surface area (Å²) in [7, 11) is 0. The zero-order valence-electron chi connectivity index (χ0n) is 10.3. The predicted octanol–water partition coefficient (Wildman–Crippen LogP) is -0.513. The van der Waals surface area contributed by atoms with Crippen LogP contribution in [0.4, 0.5) is 4.79 Å². The minimum Gasteiger partial charge on any atom is -0.378 e. The van der Waals surface area contributed by atoms with E-state index in [1.54, 1.807) is 0 Å². The first-order valence-electron chi connectivity index (χ1n) is 6.17. The SMILES string of the molecule is CC(N)C1CN(C(=O)N2CCOCC2)CCO1. The summed E-state index contributed by atoms with van der Waals surface area (Å²) in [5.74, 6) is 0. The lowest BCUT2D eigenvalue weighted by molar-refractivity contribution is -0.0332. The maximum Gasteiger partial charge on any atom is 0.320 e. The first-order valence-corrected chi connectivity index (χ1v) is 6.17. The van der Waals surface area contributed by atoms with Crippen LogP contribution in [0.1, 0.15) is 6.92 Å². The average Bonchev–Trinajstić information content (AvgIpc) is 2.39. The topological polar surface area (TPSA) is 68.0 Å². The molecule has 2 amide bonds. The third-order valence-electron chi connectivity index (χ3n) is 3.23. The Morgan fingerprint density at radius 2 is 1.88 bits per heavy atom. The molecule has 0 spiro atoms. The van der Waals surface area contributed by atoms with Crippen LogP contribution in [0, 0.1) is 0 Å². The van der Waals surface area contributed by atoms with Crippen LogP contribution in [0.15, 0.2) is 0 Å². The van der Waals surface area contributed by atoms with Crippen molar-refractivity contribution in [3.8, 4) is 0 Å². The molecular formula is C11H21N3O3. The minimum atomic E-state index is -0.0475. The predicted molar refractivity (Wildman–Crippen MR) is 62.8 cm³/mol. The van der Waals surface area contributed by atoms with Crippen molar-refractivity contribution < 1.29 is 14.3 Å². The van der Waals surface area contributed by atoms with E-state index in [1.807, 2.05) is 16.7 Å². The first-order chi connectivity index (χ1) is 8.18. The molecule has 0 aromatic carbocycles. The summed E-state index contributed by atoms with van der Waals surface area (Å²) < 4.78 is 10.8. The van der Waals surface area contributed by atoms with E-state index in [0.29, 0.717) is 46.0 Å². The van der Waals surface area contributed by atoms with Gasteiger partial charge in [0.05, 0.1) is 32.5 Å². The van der Waals surface area contributed by atoms with Crippen molar-refractivity contribution in [2.45, 2.75) is 19.1 Å². The number of nitrogens with two attached hydrogens (primary N) is 1. The normalized spacial score (nSPS) is 28.0. The van der Waals surface area contributed by atoms with Crippen molar-refractivity contribution >= 4 is 6.03 Å². The third kappa shape index (κ3) is 3.08. The van der Waals surface area contributed by atoms with Gasteiger partial charge in [-0.3, -0.25) is 0 Å². The summed E-state index contributed by atoms with van der Waals surface area (Å²) in [6, 6.07) is 0.0394. The van der Waals surface area contributed by atoms with Gasteiger partial charge in [0, 0.05) is 25.7 Å². The van der Waals surface area contributed by atoms with Gasteiger partial charge in [0.2, 0.25) is 0 Å². The molecule has 2 fully saturated rings. The monoisotopic (exact) mass is 243 g/mol. The molecule has 0 saturated carbocycles. The number of carbonyl (C=O) groups is 1. The lowest BCUT2D eigenvalue weighted by Crippen LogP contribution is -2.56. The van der Waals surface area contributed by atoms with Crippen molar-refractivity contribution in [1.82, 2.24) is 9.80 Å². The van der Waals surface area contributed by atoms with Gasteiger partial charge in [-0.25, -0.2) is 4.79 Å². The maximum atomic E-state index is 12.2. The van der Waals surface area contributed by atoms with E-state index in [0.717, 1.165) is 0 Å². The standard InChI is InChI=1S/C11H21N3O3/c1-9(12)10-8-14(4-7-17-10)11(15)13-2-5-16-6-3-13/h9-10H,2-8,12H2,1H3. The van der Waals surface area contributed by atoms with E-state index in [9.17, 15) is 4.79 Å². The Bertz CT molecular complexity index is 267. The Morgan fingerprint density at radius 3 is 2.53 bits per heavy atom. The molecule has 6 nitrogen and oxygen atoms in total. The lowest BCUT2D eigenvalue weighted by Gasteiger charge is -2.38. The Kier molecular flexibility index (Phi) is 4.20. The van der Waals surface area contributed by atoms with E-state index < -0.39 is 0 Å². The van der Waals surface area contributed by atoms with Crippen LogP contribution in [0.3, 0.4) is 0 Å². The summed E-state index contributed by atoms with van der Waals surface area (Å²) in [6.45, 7) is 6.35. The van der Waals surface area contributed by atoms with Gasteiger partial charge in [-0.15, -0.1) is 0 Å². The zero-order chi connectivity index (χ0) is 12.3. The van der Waals surface area contributed by atoms with Gasteiger partial charge in [-0.1, -0.05) is 0 Å². The molecule has 2 unspecified atom stereocenters. The van der Waals surface area contributed by atoms with Crippen LogP contribution < -0.4 is 5.73 Å². The van der Waals surface area contributed by atoms with Crippen molar-refractivity contribution in [3.05, 3.63) is 0 Å². The minimum absolute atomic E-state index is 0.0460. The molecule has 0 bridgehead atoms. The van der Waals surface area contributed by atoms with Crippen LogP contribution in [0.25, 0.3) is 0 Å². The maximum absolute atomic E-state index is 12.2. The van der Waals surface area contributed by atoms with Gasteiger partial charge in [-0.2, -0.15) is 0 Å². The van der Waals surface area contributed by atoms with E-state index in [-0.39, 0.29) is 18.2 Å². The van der Waals surface area contributed by atoms with Crippen LogP contribution in [0.5, 0.6) is 0 Å². The molecule has 2 aliphatic rings. The number of nitrogens with zero attached hydrogens (tertiary/aromatic N) is 2. The van der Waals surface area contributed by atoms with Crippen LogP contribution in [-0.4, -0.2) is 74.0 Å². The molecule has 2 aliphatic heterocycles. The fourth-order valence-electron chi connectivity index (χ4n) is 2.12. The summed E-state index contributed by atoms with van der Waals surface area (Å²) in [5.41, 5.74) is 5.81. The van der Waals surface area contributed by atoms with E-state index in [4.69, 9.17) is 15.2 Å². The molecule has 0 aromatic heterocycles. The van der Waals surface area contributed by atoms with Gasteiger partial charge in [-0.05, 0) is 6.92 Å². The highest BCUT2D eigenvalue weighted by Crippen LogP contribution is 2.11. The van der Waals surface area contributed by atoms with Crippen molar-refractivity contribution in [3.63, 3.8) is 0 Å². The second kappa shape index (κ2) is 5.66. The number of amides is 2. The van der Waals surface area contributed by atoms with E-state index >= 15 is 0 Å². The molecule has 0 radical (unpaired) electrons. The number of hydrogen-bond acceptors (Lipinski definition) is 4. The molecule has 2 saturated heterocycles. The van der Waals surface area contributed by atoms with Gasteiger partial charge in [0.25, 0.3) is 0 Å². The molecule has 0 aromatic rings. The first kappa shape index (κ1) is 12.6.